The lowest BCUT2D eigenvalue weighted by molar-refractivity contribution is 0.486. The van der Waals surface area contributed by atoms with Crippen molar-refractivity contribution in [2.75, 3.05) is 6.54 Å². The van der Waals surface area contributed by atoms with Crippen LogP contribution in [0.1, 0.15) is 26.7 Å². The molecule has 0 aliphatic carbocycles. The highest BCUT2D eigenvalue weighted by Crippen LogP contribution is 2.07. The van der Waals surface area contributed by atoms with E-state index in [0.29, 0.717) is 12.6 Å². The smallest absolute Gasteiger partial charge is 0.269 e. The highest BCUT2D eigenvalue weighted by molar-refractivity contribution is 5.74. The average molecular weight is 259 g/mol. The molecule has 1 atom stereocenters. The van der Waals surface area contributed by atoms with Gasteiger partial charge in [0.25, 0.3) is 5.56 Å². The SMILES string of the molecule is CCCC(C)NCCn1c(=O)cnc2ccccc21. The minimum atomic E-state index is -0.0383. The topological polar surface area (TPSA) is 46.9 Å². The number of fused-ring (bicyclic) bond motifs is 1. The number of nitrogens with zero attached hydrogens (tertiary/aromatic N) is 2. The molecule has 0 aliphatic heterocycles. The zero-order valence-corrected chi connectivity index (χ0v) is 11.6. The van der Waals surface area contributed by atoms with Crippen LogP contribution >= 0.6 is 0 Å². The van der Waals surface area contributed by atoms with E-state index in [4.69, 9.17) is 0 Å². The number of aromatic nitrogens is 2. The largest absolute Gasteiger partial charge is 0.312 e. The first-order chi connectivity index (χ1) is 9.22. The predicted molar refractivity (Wildman–Crippen MR) is 78.4 cm³/mol. The Morgan fingerprint density at radius 2 is 2.16 bits per heavy atom. The Labute approximate surface area is 113 Å². The van der Waals surface area contributed by atoms with E-state index < -0.39 is 0 Å². The fourth-order valence-electron chi connectivity index (χ4n) is 2.30. The molecule has 2 aromatic rings. The van der Waals surface area contributed by atoms with E-state index in [9.17, 15) is 4.79 Å². The van der Waals surface area contributed by atoms with Gasteiger partial charge >= 0.3 is 0 Å². The van der Waals surface area contributed by atoms with Crippen molar-refractivity contribution < 1.29 is 0 Å². The standard InChI is InChI=1S/C15H21N3O/c1-3-6-12(2)16-9-10-18-14-8-5-4-7-13(14)17-11-15(18)19/h4-5,7-8,11-12,16H,3,6,9-10H2,1-2H3. The first kappa shape index (κ1) is 13.7. The van der Waals surface area contributed by atoms with Gasteiger partial charge in [-0.25, -0.2) is 4.98 Å². The normalized spacial score (nSPS) is 12.7. The molecule has 0 aliphatic rings. The zero-order chi connectivity index (χ0) is 13.7. The van der Waals surface area contributed by atoms with Gasteiger partial charge in [0.1, 0.15) is 0 Å². The molecular weight excluding hydrogens is 238 g/mol. The molecule has 4 nitrogen and oxygen atoms in total. The molecule has 1 unspecified atom stereocenters. The van der Waals surface area contributed by atoms with Gasteiger partial charge in [0.2, 0.25) is 0 Å². The number of hydrogen-bond donors (Lipinski definition) is 1. The van der Waals surface area contributed by atoms with Crippen LogP contribution in [0.25, 0.3) is 11.0 Å². The van der Waals surface area contributed by atoms with E-state index >= 15 is 0 Å². The van der Waals surface area contributed by atoms with Crippen LogP contribution in [0.15, 0.2) is 35.3 Å². The lowest BCUT2D eigenvalue weighted by Gasteiger charge is -2.14. The van der Waals surface area contributed by atoms with E-state index in [0.717, 1.165) is 24.0 Å². The molecule has 4 heteroatoms. The van der Waals surface area contributed by atoms with Crippen molar-refractivity contribution in [1.82, 2.24) is 14.9 Å². The second-order valence-corrected chi connectivity index (χ2v) is 4.88. The lowest BCUT2D eigenvalue weighted by atomic mass is 10.2. The molecule has 0 radical (unpaired) electrons. The van der Waals surface area contributed by atoms with E-state index in [1.165, 1.54) is 12.6 Å². The van der Waals surface area contributed by atoms with Crippen LogP contribution in [0.2, 0.25) is 0 Å². The predicted octanol–water partition coefficient (Wildman–Crippen LogP) is 2.17. The Kier molecular flexibility index (Phi) is 4.68. The number of para-hydroxylation sites is 2. The lowest BCUT2D eigenvalue weighted by Crippen LogP contribution is -2.32. The van der Waals surface area contributed by atoms with Gasteiger partial charge in [0.05, 0.1) is 17.2 Å². The van der Waals surface area contributed by atoms with E-state index in [1.54, 1.807) is 4.57 Å². The van der Waals surface area contributed by atoms with Gasteiger partial charge in [-0.15, -0.1) is 0 Å². The van der Waals surface area contributed by atoms with Crippen molar-refractivity contribution in [3.63, 3.8) is 0 Å². The molecule has 19 heavy (non-hydrogen) atoms. The maximum atomic E-state index is 11.9. The molecular formula is C15H21N3O. The van der Waals surface area contributed by atoms with Gasteiger partial charge in [-0.2, -0.15) is 0 Å². The van der Waals surface area contributed by atoms with E-state index in [2.05, 4.69) is 24.1 Å². The summed E-state index contributed by atoms with van der Waals surface area (Å²) in [6.07, 6.45) is 3.73. The van der Waals surface area contributed by atoms with Crippen molar-refractivity contribution in [2.24, 2.45) is 0 Å². The Hall–Kier alpha value is -1.68. The second kappa shape index (κ2) is 6.48. The first-order valence-corrected chi connectivity index (χ1v) is 6.90. The Morgan fingerprint density at radius 3 is 2.95 bits per heavy atom. The van der Waals surface area contributed by atoms with Gasteiger partial charge in [0, 0.05) is 19.1 Å². The molecule has 0 spiro atoms. The Morgan fingerprint density at radius 1 is 1.37 bits per heavy atom. The third-order valence-electron chi connectivity index (χ3n) is 3.30. The first-order valence-electron chi connectivity index (χ1n) is 6.90. The molecule has 1 N–H and O–H groups in total. The molecule has 1 aromatic heterocycles. The molecule has 0 amide bonds. The fraction of sp³-hybridized carbons (Fsp3) is 0.467. The van der Waals surface area contributed by atoms with Crippen LogP contribution in [0.3, 0.4) is 0 Å². The molecule has 0 bridgehead atoms. The van der Waals surface area contributed by atoms with Crippen molar-refractivity contribution in [1.29, 1.82) is 0 Å². The van der Waals surface area contributed by atoms with Gasteiger partial charge in [-0.3, -0.25) is 4.79 Å². The zero-order valence-electron chi connectivity index (χ0n) is 11.6. The summed E-state index contributed by atoms with van der Waals surface area (Å²) in [7, 11) is 0. The summed E-state index contributed by atoms with van der Waals surface area (Å²) >= 11 is 0. The number of rotatable bonds is 6. The van der Waals surface area contributed by atoms with Crippen LogP contribution in [0, 0.1) is 0 Å². The summed E-state index contributed by atoms with van der Waals surface area (Å²) in [6.45, 7) is 5.83. The van der Waals surface area contributed by atoms with Crippen LogP contribution in [-0.4, -0.2) is 22.1 Å². The highest BCUT2D eigenvalue weighted by Gasteiger charge is 2.04. The summed E-state index contributed by atoms with van der Waals surface area (Å²) < 4.78 is 1.79. The van der Waals surface area contributed by atoms with E-state index in [-0.39, 0.29) is 5.56 Å². The summed E-state index contributed by atoms with van der Waals surface area (Å²) in [5, 5.41) is 3.44. The third-order valence-corrected chi connectivity index (χ3v) is 3.30. The second-order valence-electron chi connectivity index (χ2n) is 4.88. The Bertz CT molecular complexity index is 591. The quantitative estimate of drug-likeness (QED) is 0.865. The summed E-state index contributed by atoms with van der Waals surface area (Å²) in [5.74, 6) is 0. The third kappa shape index (κ3) is 3.41. The van der Waals surface area contributed by atoms with Crippen molar-refractivity contribution in [3.05, 3.63) is 40.8 Å². The molecule has 0 fully saturated rings. The molecule has 2 rings (SSSR count). The van der Waals surface area contributed by atoms with Gasteiger partial charge in [0.15, 0.2) is 0 Å². The minimum absolute atomic E-state index is 0.0383. The minimum Gasteiger partial charge on any atom is -0.312 e. The summed E-state index contributed by atoms with van der Waals surface area (Å²) in [5.41, 5.74) is 1.73. The van der Waals surface area contributed by atoms with Gasteiger partial charge < -0.3 is 9.88 Å². The van der Waals surface area contributed by atoms with Crippen LogP contribution in [-0.2, 0) is 6.54 Å². The summed E-state index contributed by atoms with van der Waals surface area (Å²) in [4.78, 5) is 16.1. The van der Waals surface area contributed by atoms with Gasteiger partial charge in [-0.05, 0) is 25.5 Å². The average Bonchev–Trinajstić information content (AvgIpc) is 2.41. The van der Waals surface area contributed by atoms with Crippen LogP contribution in [0.4, 0.5) is 0 Å². The molecule has 0 saturated carbocycles. The number of nitrogens with one attached hydrogen (secondary N) is 1. The van der Waals surface area contributed by atoms with Crippen molar-refractivity contribution in [2.45, 2.75) is 39.3 Å². The Balaban J connectivity index is 2.12. The van der Waals surface area contributed by atoms with Crippen LogP contribution < -0.4 is 10.9 Å². The maximum absolute atomic E-state index is 11.9. The monoisotopic (exact) mass is 259 g/mol. The van der Waals surface area contributed by atoms with Gasteiger partial charge in [-0.1, -0.05) is 25.5 Å². The van der Waals surface area contributed by atoms with Crippen molar-refractivity contribution >= 4 is 11.0 Å². The molecule has 102 valence electrons. The molecule has 1 heterocycles. The molecule has 1 aromatic carbocycles. The summed E-state index contributed by atoms with van der Waals surface area (Å²) in [6, 6.07) is 8.24. The highest BCUT2D eigenvalue weighted by atomic mass is 16.1. The number of hydrogen-bond acceptors (Lipinski definition) is 3. The van der Waals surface area contributed by atoms with E-state index in [1.807, 2.05) is 24.3 Å². The maximum Gasteiger partial charge on any atom is 0.269 e. The van der Waals surface area contributed by atoms with Crippen molar-refractivity contribution in [3.8, 4) is 0 Å². The fourth-order valence-corrected chi connectivity index (χ4v) is 2.30. The van der Waals surface area contributed by atoms with Crippen LogP contribution in [0.5, 0.6) is 0 Å². The molecule has 0 saturated heterocycles. The number of benzene rings is 1.